The van der Waals surface area contributed by atoms with Crippen molar-refractivity contribution in [2.45, 2.75) is 59.7 Å². The molecule has 5 heteroatoms. The molecule has 0 spiro atoms. The lowest BCUT2D eigenvalue weighted by atomic mass is 9.96. The Bertz CT molecular complexity index is 457. The Balaban J connectivity index is 2.20. The van der Waals surface area contributed by atoms with Gasteiger partial charge in [0.1, 0.15) is 0 Å². The molecule has 21 heavy (non-hydrogen) atoms. The second-order valence-electron chi connectivity index (χ2n) is 6.00. The summed E-state index contributed by atoms with van der Waals surface area (Å²) in [5.41, 5.74) is 2.52. The molecule has 2 rings (SSSR count). The van der Waals surface area contributed by atoms with Crippen molar-refractivity contribution in [3.05, 3.63) is 15.9 Å². The van der Waals surface area contributed by atoms with Crippen molar-refractivity contribution in [3.63, 3.8) is 0 Å². The minimum Gasteiger partial charge on any atom is -0.314 e. The standard InChI is InChI=1S/C16H29BrN4/c1-5-12(4)14-10-18-8-9-20(14)11-15-16(17)13(6-2)19-21(15)7-3/h12,14,18H,5-11H2,1-4H3. The summed E-state index contributed by atoms with van der Waals surface area (Å²) in [5.74, 6) is 0.722. The topological polar surface area (TPSA) is 33.1 Å². The van der Waals surface area contributed by atoms with Gasteiger partial charge in [0.15, 0.2) is 0 Å². The van der Waals surface area contributed by atoms with Crippen molar-refractivity contribution in [1.82, 2.24) is 20.0 Å². The van der Waals surface area contributed by atoms with Crippen LogP contribution in [0.5, 0.6) is 0 Å². The van der Waals surface area contributed by atoms with Gasteiger partial charge < -0.3 is 5.32 Å². The van der Waals surface area contributed by atoms with Crippen LogP contribution in [0.3, 0.4) is 0 Å². The Morgan fingerprint density at radius 1 is 1.38 bits per heavy atom. The molecule has 1 aliphatic heterocycles. The van der Waals surface area contributed by atoms with Gasteiger partial charge in [-0.15, -0.1) is 0 Å². The van der Waals surface area contributed by atoms with Crippen LogP contribution in [0.1, 0.15) is 45.5 Å². The number of nitrogens with one attached hydrogen (secondary N) is 1. The predicted molar refractivity (Wildman–Crippen MR) is 91.5 cm³/mol. The molecule has 1 N–H and O–H groups in total. The summed E-state index contributed by atoms with van der Waals surface area (Å²) in [7, 11) is 0. The molecule has 2 unspecified atom stereocenters. The third-order valence-electron chi connectivity index (χ3n) is 4.75. The first-order chi connectivity index (χ1) is 10.1. The van der Waals surface area contributed by atoms with E-state index in [4.69, 9.17) is 5.10 Å². The first-order valence-corrected chi connectivity index (χ1v) is 9.10. The highest BCUT2D eigenvalue weighted by Gasteiger charge is 2.28. The number of halogens is 1. The molecule has 2 heterocycles. The van der Waals surface area contributed by atoms with Crippen LogP contribution >= 0.6 is 15.9 Å². The Morgan fingerprint density at radius 2 is 2.14 bits per heavy atom. The van der Waals surface area contributed by atoms with Gasteiger partial charge in [-0.3, -0.25) is 9.58 Å². The van der Waals surface area contributed by atoms with Gasteiger partial charge in [0.25, 0.3) is 0 Å². The summed E-state index contributed by atoms with van der Waals surface area (Å²) in [5, 5.41) is 8.28. The van der Waals surface area contributed by atoms with Crippen LogP contribution in [0.25, 0.3) is 0 Å². The Kier molecular flexibility index (Phi) is 6.26. The second-order valence-corrected chi connectivity index (χ2v) is 6.80. The molecule has 0 aromatic carbocycles. The van der Waals surface area contributed by atoms with Gasteiger partial charge in [-0.25, -0.2) is 0 Å². The van der Waals surface area contributed by atoms with E-state index in [1.54, 1.807) is 0 Å². The van der Waals surface area contributed by atoms with E-state index in [0.717, 1.165) is 45.1 Å². The maximum Gasteiger partial charge on any atom is 0.0767 e. The predicted octanol–water partition coefficient (Wildman–Crippen LogP) is 3.05. The van der Waals surface area contributed by atoms with Crippen molar-refractivity contribution in [3.8, 4) is 0 Å². The molecule has 1 aliphatic rings. The smallest absolute Gasteiger partial charge is 0.0767 e. The molecule has 0 bridgehead atoms. The summed E-state index contributed by atoms with van der Waals surface area (Å²) in [6, 6.07) is 0.626. The van der Waals surface area contributed by atoms with Crippen molar-refractivity contribution < 1.29 is 0 Å². The average molecular weight is 357 g/mol. The molecule has 1 fully saturated rings. The molecular formula is C16H29BrN4. The second kappa shape index (κ2) is 7.75. The van der Waals surface area contributed by atoms with Gasteiger partial charge in [-0.1, -0.05) is 27.2 Å². The molecule has 120 valence electrons. The van der Waals surface area contributed by atoms with Gasteiger partial charge in [0.2, 0.25) is 0 Å². The van der Waals surface area contributed by atoms with Crippen LogP contribution in [0.2, 0.25) is 0 Å². The number of rotatable bonds is 6. The van der Waals surface area contributed by atoms with Crippen molar-refractivity contribution in [2.75, 3.05) is 19.6 Å². The van der Waals surface area contributed by atoms with Crippen LogP contribution in [0, 0.1) is 5.92 Å². The fourth-order valence-corrected chi connectivity index (χ4v) is 3.85. The minimum atomic E-state index is 0.626. The number of aromatic nitrogens is 2. The Hall–Kier alpha value is -0.390. The van der Waals surface area contributed by atoms with Crippen LogP contribution < -0.4 is 5.32 Å². The van der Waals surface area contributed by atoms with E-state index in [1.165, 1.54) is 22.3 Å². The summed E-state index contributed by atoms with van der Waals surface area (Å²) in [6.45, 7) is 14.3. The molecule has 1 aromatic heterocycles. The molecule has 0 aliphatic carbocycles. The number of nitrogens with zero attached hydrogens (tertiary/aromatic N) is 3. The molecule has 0 saturated carbocycles. The first kappa shape index (κ1) is 17.0. The van der Waals surface area contributed by atoms with E-state index < -0.39 is 0 Å². The number of hydrogen-bond acceptors (Lipinski definition) is 3. The highest BCUT2D eigenvalue weighted by molar-refractivity contribution is 9.10. The number of piperazine rings is 1. The summed E-state index contributed by atoms with van der Waals surface area (Å²) >= 11 is 3.78. The zero-order chi connectivity index (χ0) is 15.4. The van der Waals surface area contributed by atoms with Crippen LogP contribution in [-0.4, -0.2) is 40.4 Å². The lowest BCUT2D eigenvalue weighted by molar-refractivity contribution is 0.106. The highest BCUT2D eigenvalue weighted by atomic mass is 79.9. The lowest BCUT2D eigenvalue weighted by Crippen LogP contribution is -2.53. The third kappa shape index (κ3) is 3.69. The fourth-order valence-electron chi connectivity index (χ4n) is 3.16. The summed E-state index contributed by atoms with van der Waals surface area (Å²) in [6.07, 6.45) is 2.22. The summed E-state index contributed by atoms with van der Waals surface area (Å²) in [4.78, 5) is 2.64. The van der Waals surface area contributed by atoms with Crippen LogP contribution in [0.4, 0.5) is 0 Å². The molecule has 0 radical (unpaired) electrons. The summed E-state index contributed by atoms with van der Waals surface area (Å²) < 4.78 is 3.38. The molecule has 0 amide bonds. The maximum absolute atomic E-state index is 4.73. The van der Waals surface area contributed by atoms with E-state index in [1.807, 2.05) is 0 Å². The minimum absolute atomic E-state index is 0.626. The SMILES string of the molecule is CCc1nn(CC)c(CN2CCNCC2C(C)CC)c1Br. The third-order valence-corrected chi connectivity index (χ3v) is 5.66. The van der Waals surface area contributed by atoms with E-state index in [0.29, 0.717) is 6.04 Å². The molecule has 1 aromatic rings. The molecular weight excluding hydrogens is 328 g/mol. The average Bonchev–Trinajstić information content (AvgIpc) is 2.83. The molecule has 1 saturated heterocycles. The molecule has 4 nitrogen and oxygen atoms in total. The first-order valence-electron chi connectivity index (χ1n) is 8.31. The van der Waals surface area contributed by atoms with Gasteiger partial charge in [0.05, 0.1) is 15.9 Å². The number of hydrogen-bond donors (Lipinski definition) is 1. The fraction of sp³-hybridized carbons (Fsp3) is 0.812. The maximum atomic E-state index is 4.73. The Morgan fingerprint density at radius 3 is 2.76 bits per heavy atom. The van der Waals surface area contributed by atoms with E-state index in [-0.39, 0.29) is 0 Å². The monoisotopic (exact) mass is 356 g/mol. The van der Waals surface area contributed by atoms with Gasteiger partial charge >= 0.3 is 0 Å². The molecule has 2 atom stereocenters. The lowest BCUT2D eigenvalue weighted by Gasteiger charge is -2.39. The Labute approximate surface area is 137 Å². The van der Waals surface area contributed by atoms with Crippen LogP contribution in [-0.2, 0) is 19.5 Å². The van der Waals surface area contributed by atoms with Crippen LogP contribution in [0.15, 0.2) is 4.47 Å². The van der Waals surface area contributed by atoms with Gasteiger partial charge in [-0.2, -0.15) is 5.10 Å². The zero-order valence-electron chi connectivity index (χ0n) is 13.8. The van der Waals surface area contributed by atoms with Gasteiger partial charge in [-0.05, 0) is 35.2 Å². The normalized spacial score (nSPS) is 21.7. The van der Waals surface area contributed by atoms with Crippen molar-refractivity contribution >= 4 is 15.9 Å². The van der Waals surface area contributed by atoms with E-state index in [9.17, 15) is 0 Å². The van der Waals surface area contributed by atoms with Gasteiger partial charge in [0, 0.05) is 38.8 Å². The highest BCUT2D eigenvalue weighted by Crippen LogP contribution is 2.26. The zero-order valence-corrected chi connectivity index (χ0v) is 15.4. The van der Waals surface area contributed by atoms with Crippen molar-refractivity contribution in [1.29, 1.82) is 0 Å². The quantitative estimate of drug-likeness (QED) is 0.850. The van der Waals surface area contributed by atoms with E-state index >= 15 is 0 Å². The van der Waals surface area contributed by atoms with Crippen molar-refractivity contribution in [2.24, 2.45) is 5.92 Å². The largest absolute Gasteiger partial charge is 0.314 e. The van der Waals surface area contributed by atoms with E-state index in [2.05, 4.69) is 58.5 Å². The number of aryl methyl sites for hydroxylation is 2.